The van der Waals surface area contributed by atoms with Crippen LogP contribution in [0.5, 0.6) is 11.5 Å². The fourth-order valence-corrected chi connectivity index (χ4v) is 3.32. The molecule has 3 aromatic rings. The summed E-state index contributed by atoms with van der Waals surface area (Å²) in [6.07, 6.45) is 3.81. The SMILES string of the molecule is CCc1c(C)c2ccc(NC(=O)/C=C\c3ccc(OC)c(OC)c3)cc2[nH]c1=O. The Balaban J connectivity index is 1.79. The number of anilines is 1. The number of aromatic amines is 1. The van der Waals surface area contributed by atoms with Gasteiger partial charge in [0, 0.05) is 22.7 Å². The van der Waals surface area contributed by atoms with Crippen molar-refractivity contribution in [3.05, 3.63) is 69.5 Å². The number of carbonyl (C=O) groups is 1. The van der Waals surface area contributed by atoms with Crippen LogP contribution < -0.4 is 20.3 Å². The Morgan fingerprint density at radius 2 is 1.86 bits per heavy atom. The number of methoxy groups -OCH3 is 2. The summed E-state index contributed by atoms with van der Waals surface area (Å²) in [6.45, 7) is 3.91. The minimum absolute atomic E-state index is 0.0886. The van der Waals surface area contributed by atoms with Crippen LogP contribution in [0.4, 0.5) is 5.69 Å². The molecule has 0 saturated carbocycles. The number of fused-ring (bicyclic) bond motifs is 1. The van der Waals surface area contributed by atoms with Crippen LogP contribution in [0.3, 0.4) is 0 Å². The first-order valence-corrected chi connectivity index (χ1v) is 9.33. The number of hydrogen-bond donors (Lipinski definition) is 2. The number of rotatable bonds is 6. The van der Waals surface area contributed by atoms with Crippen molar-refractivity contribution >= 4 is 28.6 Å². The van der Waals surface area contributed by atoms with Gasteiger partial charge in [-0.05, 0) is 54.8 Å². The number of hydrogen-bond acceptors (Lipinski definition) is 4. The van der Waals surface area contributed by atoms with Crippen LogP contribution in [0.25, 0.3) is 17.0 Å². The molecule has 0 aliphatic carbocycles. The molecule has 6 heteroatoms. The molecule has 0 saturated heterocycles. The van der Waals surface area contributed by atoms with Crippen LogP contribution in [0.15, 0.2) is 47.3 Å². The number of aryl methyl sites for hydroxylation is 1. The molecule has 150 valence electrons. The summed E-state index contributed by atoms with van der Waals surface area (Å²) in [7, 11) is 3.13. The van der Waals surface area contributed by atoms with E-state index in [0.29, 0.717) is 29.1 Å². The number of aromatic nitrogens is 1. The molecular formula is C23H24N2O4. The number of ether oxygens (including phenoxy) is 2. The summed E-state index contributed by atoms with van der Waals surface area (Å²) in [4.78, 5) is 27.4. The number of nitrogens with one attached hydrogen (secondary N) is 2. The van der Waals surface area contributed by atoms with E-state index in [1.807, 2.05) is 32.0 Å². The van der Waals surface area contributed by atoms with Gasteiger partial charge in [-0.15, -0.1) is 0 Å². The molecule has 0 fully saturated rings. The monoisotopic (exact) mass is 392 g/mol. The molecule has 0 unspecified atom stereocenters. The molecule has 0 atom stereocenters. The second-order valence-corrected chi connectivity index (χ2v) is 6.61. The highest BCUT2D eigenvalue weighted by Crippen LogP contribution is 2.28. The predicted molar refractivity (Wildman–Crippen MR) is 116 cm³/mol. The van der Waals surface area contributed by atoms with Gasteiger partial charge in [0.1, 0.15) is 0 Å². The minimum Gasteiger partial charge on any atom is -0.493 e. The normalized spacial score (nSPS) is 11.0. The molecule has 0 bridgehead atoms. The van der Waals surface area contributed by atoms with Crippen LogP contribution in [-0.4, -0.2) is 25.1 Å². The minimum atomic E-state index is -0.275. The van der Waals surface area contributed by atoms with Gasteiger partial charge in [-0.3, -0.25) is 9.59 Å². The van der Waals surface area contributed by atoms with Crippen LogP contribution in [0.1, 0.15) is 23.6 Å². The van der Waals surface area contributed by atoms with Gasteiger partial charge in [0.15, 0.2) is 11.5 Å². The third kappa shape index (κ3) is 4.32. The largest absolute Gasteiger partial charge is 0.493 e. The molecular weight excluding hydrogens is 368 g/mol. The van der Waals surface area contributed by atoms with Crippen LogP contribution in [0, 0.1) is 6.92 Å². The lowest BCUT2D eigenvalue weighted by Gasteiger charge is -2.09. The number of amides is 1. The first kappa shape index (κ1) is 20.2. The zero-order valence-corrected chi connectivity index (χ0v) is 17.0. The van der Waals surface area contributed by atoms with Crippen molar-refractivity contribution in [1.82, 2.24) is 4.98 Å². The van der Waals surface area contributed by atoms with Gasteiger partial charge < -0.3 is 19.8 Å². The second-order valence-electron chi connectivity index (χ2n) is 6.61. The number of benzene rings is 2. The first-order valence-electron chi connectivity index (χ1n) is 9.33. The van der Waals surface area contributed by atoms with E-state index >= 15 is 0 Å². The van der Waals surface area contributed by atoms with Crippen molar-refractivity contribution in [2.45, 2.75) is 20.3 Å². The molecule has 0 radical (unpaired) electrons. The fraction of sp³-hybridized carbons (Fsp3) is 0.217. The lowest BCUT2D eigenvalue weighted by atomic mass is 10.0. The van der Waals surface area contributed by atoms with Crippen molar-refractivity contribution in [3.63, 3.8) is 0 Å². The average Bonchev–Trinajstić information content (AvgIpc) is 2.72. The zero-order valence-electron chi connectivity index (χ0n) is 17.0. The van der Waals surface area contributed by atoms with Crippen molar-refractivity contribution in [1.29, 1.82) is 0 Å². The Hall–Kier alpha value is -3.54. The van der Waals surface area contributed by atoms with E-state index in [1.165, 1.54) is 6.08 Å². The maximum Gasteiger partial charge on any atom is 0.251 e. The molecule has 1 aromatic heterocycles. The highest BCUT2D eigenvalue weighted by atomic mass is 16.5. The summed E-state index contributed by atoms with van der Waals surface area (Å²) >= 11 is 0. The van der Waals surface area contributed by atoms with Gasteiger partial charge in [-0.2, -0.15) is 0 Å². The average molecular weight is 392 g/mol. The molecule has 29 heavy (non-hydrogen) atoms. The van der Waals surface area contributed by atoms with E-state index in [9.17, 15) is 9.59 Å². The van der Waals surface area contributed by atoms with Gasteiger partial charge in [0.25, 0.3) is 5.56 Å². The molecule has 0 aliphatic rings. The summed E-state index contributed by atoms with van der Waals surface area (Å²) in [6, 6.07) is 10.9. The third-order valence-corrected chi connectivity index (χ3v) is 4.85. The van der Waals surface area contributed by atoms with Crippen LogP contribution in [-0.2, 0) is 11.2 Å². The molecule has 2 aromatic carbocycles. The Bertz CT molecular complexity index is 1150. The summed E-state index contributed by atoms with van der Waals surface area (Å²) in [5, 5.41) is 3.79. The fourth-order valence-electron chi connectivity index (χ4n) is 3.32. The summed E-state index contributed by atoms with van der Waals surface area (Å²) in [5.41, 5.74) is 3.78. The van der Waals surface area contributed by atoms with Gasteiger partial charge in [-0.25, -0.2) is 0 Å². The quantitative estimate of drug-likeness (QED) is 0.620. The van der Waals surface area contributed by atoms with Gasteiger partial charge in [0.05, 0.1) is 19.7 Å². The topological polar surface area (TPSA) is 80.4 Å². The maximum absolute atomic E-state index is 12.3. The molecule has 0 aliphatic heterocycles. The lowest BCUT2D eigenvalue weighted by Crippen LogP contribution is -2.14. The van der Waals surface area contributed by atoms with Crippen molar-refractivity contribution < 1.29 is 14.3 Å². The Labute approximate surface area is 169 Å². The second kappa shape index (κ2) is 8.65. The van der Waals surface area contributed by atoms with E-state index < -0.39 is 0 Å². The lowest BCUT2D eigenvalue weighted by molar-refractivity contribution is -0.111. The maximum atomic E-state index is 12.3. The van der Waals surface area contributed by atoms with Crippen molar-refractivity contribution in [2.24, 2.45) is 0 Å². The molecule has 1 heterocycles. The van der Waals surface area contributed by atoms with E-state index in [2.05, 4.69) is 10.3 Å². The number of carbonyl (C=O) groups excluding carboxylic acids is 1. The molecule has 3 rings (SSSR count). The van der Waals surface area contributed by atoms with E-state index in [1.54, 1.807) is 38.5 Å². The third-order valence-electron chi connectivity index (χ3n) is 4.85. The first-order chi connectivity index (χ1) is 14.0. The number of pyridine rings is 1. The van der Waals surface area contributed by atoms with Gasteiger partial charge >= 0.3 is 0 Å². The van der Waals surface area contributed by atoms with E-state index in [4.69, 9.17) is 9.47 Å². The van der Waals surface area contributed by atoms with E-state index in [-0.39, 0.29) is 11.5 Å². The highest BCUT2D eigenvalue weighted by Gasteiger charge is 2.09. The summed E-state index contributed by atoms with van der Waals surface area (Å²) < 4.78 is 10.5. The van der Waals surface area contributed by atoms with Crippen molar-refractivity contribution in [2.75, 3.05) is 19.5 Å². The zero-order chi connectivity index (χ0) is 21.0. The van der Waals surface area contributed by atoms with Crippen LogP contribution in [0.2, 0.25) is 0 Å². The Kier molecular flexibility index (Phi) is 6.02. The van der Waals surface area contributed by atoms with Gasteiger partial charge in [-0.1, -0.05) is 19.1 Å². The van der Waals surface area contributed by atoms with E-state index in [0.717, 1.165) is 22.1 Å². The molecule has 2 N–H and O–H groups in total. The Morgan fingerprint density at radius 1 is 1.10 bits per heavy atom. The smallest absolute Gasteiger partial charge is 0.251 e. The number of H-pyrrole nitrogens is 1. The standard InChI is InChI=1S/C23H24N2O4/c1-5-17-14(2)18-9-8-16(13-19(18)25-23(17)27)24-22(26)11-7-15-6-10-20(28-3)21(12-15)29-4/h6-13H,5H2,1-4H3,(H,24,26)(H,25,27)/b11-7-. The van der Waals surface area contributed by atoms with Crippen molar-refractivity contribution in [3.8, 4) is 11.5 Å². The Morgan fingerprint density at radius 3 is 2.55 bits per heavy atom. The molecule has 6 nitrogen and oxygen atoms in total. The van der Waals surface area contributed by atoms with Gasteiger partial charge in [0.2, 0.25) is 5.91 Å². The predicted octanol–water partition coefficient (Wildman–Crippen LogP) is 4.07. The van der Waals surface area contributed by atoms with Crippen LogP contribution >= 0.6 is 0 Å². The summed E-state index contributed by atoms with van der Waals surface area (Å²) in [5.74, 6) is 0.944. The highest BCUT2D eigenvalue weighted by molar-refractivity contribution is 6.03. The molecule has 0 spiro atoms. The molecule has 1 amide bonds.